The van der Waals surface area contributed by atoms with Gasteiger partial charge in [0.05, 0.1) is 39.3 Å². The lowest BCUT2D eigenvalue weighted by Gasteiger charge is -2.42. The number of carbonyl (C=O) groups is 2. The van der Waals surface area contributed by atoms with Gasteiger partial charge in [-0.05, 0) is 24.7 Å². The lowest BCUT2D eigenvalue weighted by Crippen LogP contribution is -2.46. The normalized spacial score (nSPS) is 36.5. The van der Waals surface area contributed by atoms with Crippen LogP contribution in [0.3, 0.4) is 0 Å². The van der Waals surface area contributed by atoms with Crippen molar-refractivity contribution >= 4 is 11.9 Å². The van der Waals surface area contributed by atoms with Crippen LogP contribution in [0.1, 0.15) is 39.5 Å². The number of carbonyl (C=O) groups excluding carboxylic acids is 2. The summed E-state index contributed by atoms with van der Waals surface area (Å²) in [5, 5.41) is 0. The highest BCUT2D eigenvalue weighted by Crippen LogP contribution is 2.53. The third kappa shape index (κ3) is 3.67. The summed E-state index contributed by atoms with van der Waals surface area (Å²) in [4.78, 5) is 24.9. The smallest absolute Gasteiger partial charge is 0.309 e. The molecule has 1 unspecified atom stereocenters. The van der Waals surface area contributed by atoms with E-state index in [2.05, 4.69) is 13.8 Å². The average Bonchev–Trinajstić information content (AvgIpc) is 2.96. The summed E-state index contributed by atoms with van der Waals surface area (Å²) >= 11 is 0. The summed E-state index contributed by atoms with van der Waals surface area (Å²) in [6, 6.07) is 0. The van der Waals surface area contributed by atoms with E-state index in [4.69, 9.17) is 18.9 Å². The van der Waals surface area contributed by atoms with Crippen LogP contribution >= 0.6 is 0 Å². The largest absolute Gasteiger partial charge is 0.469 e. The predicted octanol–water partition coefficient (Wildman–Crippen LogP) is 2.71. The van der Waals surface area contributed by atoms with E-state index in [0.29, 0.717) is 38.9 Å². The van der Waals surface area contributed by atoms with E-state index in [-0.39, 0.29) is 41.0 Å². The molecule has 1 aliphatic heterocycles. The van der Waals surface area contributed by atoms with Crippen molar-refractivity contribution in [3.63, 3.8) is 0 Å². The van der Waals surface area contributed by atoms with Crippen LogP contribution in [0.15, 0.2) is 12.2 Å². The van der Waals surface area contributed by atoms with E-state index in [1.165, 1.54) is 14.2 Å². The van der Waals surface area contributed by atoms with Crippen molar-refractivity contribution in [3.8, 4) is 0 Å². The van der Waals surface area contributed by atoms with E-state index < -0.39 is 5.79 Å². The molecule has 0 amide bonds. The molecular formula is C20H30O6. The van der Waals surface area contributed by atoms with Gasteiger partial charge in [0.2, 0.25) is 0 Å². The predicted molar refractivity (Wildman–Crippen MR) is 94.0 cm³/mol. The van der Waals surface area contributed by atoms with Gasteiger partial charge in [-0.25, -0.2) is 0 Å². The average molecular weight is 366 g/mol. The van der Waals surface area contributed by atoms with Crippen molar-refractivity contribution in [2.75, 3.05) is 27.4 Å². The highest BCUT2D eigenvalue weighted by Gasteiger charge is 2.56. The molecule has 26 heavy (non-hydrogen) atoms. The molecule has 2 fully saturated rings. The van der Waals surface area contributed by atoms with E-state index in [1.807, 2.05) is 12.2 Å². The molecule has 146 valence electrons. The molecule has 6 heteroatoms. The SMILES string of the molecule is COC(=O)C1C/C=C\C[C@H](C(=O)OC)[C@@H]2CC3(C[C@H]12)OCC(C)(C)CO3. The van der Waals surface area contributed by atoms with E-state index >= 15 is 0 Å². The first-order valence-electron chi connectivity index (χ1n) is 9.39. The van der Waals surface area contributed by atoms with Gasteiger partial charge in [0.15, 0.2) is 5.79 Å². The second-order valence-electron chi connectivity index (χ2n) is 8.59. The van der Waals surface area contributed by atoms with Gasteiger partial charge in [-0.2, -0.15) is 0 Å². The van der Waals surface area contributed by atoms with Crippen molar-refractivity contribution in [2.45, 2.75) is 45.3 Å². The quantitative estimate of drug-likeness (QED) is 0.553. The van der Waals surface area contributed by atoms with Gasteiger partial charge in [-0.15, -0.1) is 0 Å². The van der Waals surface area contributed by atoms with Gasteiger partial charge in [-0.1, -0.05) is 26.0 Å². The summed E-state index contributed by atoms with van der Waals surface area (Å²) in [5.41, 5.74) is -0.0299. The zero-order valence-corrected chi connectivity index (χ0v) is 16.2. The van der Waals surface area contributed by atoms with Gasteiger partial charge in [0.1, 0.15) is 0 Å². The number of esters is 2. The van der Waals surface area contributed by atoms with Crippen LogP contribution in [0.2, 0.25) is 0 Å². The Balaban J connectivity index is 1.91. The van der Waals surface area contributed by atoms with Gasteiger partial charge < -0.3 is 18.9 Å². The van der Waals surface area contributed by atoms with Gasteiger partial charge in [0, 0.05) is 18.3 Å². The molecule has 3 rings (SSSR count). The monoisotopic (exact) mass is 366 g/mol. The fourth-order valence-corrected chi connectivity index (χ4v) is 4.64. The maximum atomic E-state index is 12.4. The third-order valence-corrected chi connectivity index (χ3v) is 6.08. The third-order valence-electron chi connectivity index (χ3n) is 6.08. The fourth-order valence-electron chi connectivity index (χ4n) is 4.64. The summed E-state index contributed by atoms with van der Waals surface area (Å²) < 4.78 is 22.5. The lowest BCUT2D eigenvalue weighted by molar-refractivity contribution is -0.297. The molecule has 4 atom stereocenters. The standard InChI is InChI=1S/C20H30O6/c1-19(2)11-25-20(26-12-19)9-15-13(17(21)23-3)7-5-6-8-14(16(15)10-20)18(22)24-4/h5-6,13-16H,7-12H2,1-4H3/b6-5-/t13-,14?,15-,16+/m0/s1. The molecule has 0 aromatic carbocycles. The Morgan fingerprint density at radius 3 is 1.69 bits per heavy atom. The molecule has 1 saturated carbocycles. The molecule has 6 nitrogen and oxygen atoms in total. The minimum absolute atomic E-state index is 0.0299. The van der Waals surface area contributed by atoms with Gasteiger partial charge in [0.25, 0.3) is 0 Å². The minimum Gasteiger partial charge on any atom is -0.469 e. The lowest BCUT2D eigenvalue weighted by atomic mass is 9.73. The number of hydrogen-bond donors (Lipinski definition) is 0. The van der Waals surface area contributed by atoms with E-state index in [9.17, 15) is 9.59 Å². The molecule has 0 bridgehead atoms. The Morgan fingerprint density at radius 2 is 1.31 bits per heavy atom. The number of rotatable bonds is 2. The number of ether oxygens (including phenoxy) is 4. The Kier molecular flexibility index (Phi) is 5.45. The summed E-state index contributed by atoms with van der Waals surface area (Å²) in [6.07, 6.45) is 6.39. The molecule has 0 aromatic rings. The van der Waals surface area contributed by atoms with Crippen molar-refractivity contribution in [1.82, 2.24) is 0 Å². The van der Waals surface area contributed by atoms with E-state index in [0.717, 1.165) is 0 Å². The van der Waals surface area contributed by atoms with Crippen LogP contribution < -0.4 is 0 Å². The highest BCUT2D eigenvalue weighted by atomic mass is 16.7. The molecule has 1 saturated heterocycles. The van der Waals surface area contributed by atoms with Crippen LogP contribution in [-0.4, -0.2) is 45.2 Å². The number of fused-ring (bicyclic) bond motifs is 1. The second kappa shape index (κ2) is 7.31. The fraction of sp³-hybridized carbons (Fsp3) is 0.800. The molecule has 1 heterocycles. The van der Waals surface area contributed by atoms with Crippen molar-refractivity contribution < 1.29 is 28.5 Å². The van der Waals surface area contributed by atoms with E-state index in [1.54, 1.807) is 0 Å². The van der Waals surface area contributed by atoms with Crippen molar-refractivity contribution in [2.24, 2.45) is 29.1 Å². The number of allylic oxidation sites excluding steroid dienone is 2. The topological polar surface area (TPSA) is 71.1 Å². The van der Waals surface area contributed by atoms with Crippen LogP contribution in [0.25, 0.3) is 0 Å². The molecule has 1 spiro atoms. The summed E-state index contributed by atoms with van der Waals surface area (Å²) in [7, 11) is 2.83. The van der Waals surface area contributed by atoms with Crippen molar-refractivity contribution in [1.29, 1.82) is 0 Å². The first-order chi connectivity index (χ1) is 12.3. The van der Waals surface area contributed by atoms with Crippen LogP contribution in [-0.2, 0) is 28.5 Å². The first kappa shape index (κ1) is 19.4. The Morgan fingerprint density at radius 1 is 0.885 bits per heavy atom. The first-order valence-corrected chi connectivity index (χ1v) is 9.39. The highest BCUT2D eigenvalue weighted by molar-refractivity contribution is 5.75. The maximum absolute atomic E-state index is 12.4. The molecule has 3 aliphatic rings. The van der Waals surface area contributed by atoms with Crippen molar-refractivity contribution in [3.05, 3.63) is 12.2 Å². The molecule has 0 N–H and O–H groups in total. The zero-order chi connectivity index (χ0) is 18.9. The Bertz CT molecular complexity index is 533. The number of hydrogen-bond acceptors (Lipinski definition) is 6. The van der Waals surface area contributed by atoms with Crippen LogP contribution in [0.5, 0.6) is 0 Å². The van der Waals surface area contributed by atoms with Crippen LogP contribution in [0, 0.1) is 29.1 Å². The summed E-state index contributed by atoms with van der Waals surface area (Å²) in [6.45, 7) is 5.43. The maximum Gasteiger partial charge on any atom is 0.309 e. The zero-order valence-electron chi connectivity index (χ0n) is 16.2. The molecule has 0 aromatic heterocycles. The Labute approximate surface area is 155 Å². The summed E-state index contributed by atoms with van der Waals surface area (Å²) in [5.74, 6) is -1.83. The number of methoxy groups -OCH3 is 2. The van der Waals surface area contributed by atoms with Crippen LogP contribution in [0.4, 0.5) is 0 Å². The van der Waals surface area contributed by atoms with Gasteiger partial charge in [-0.3, -0.25) is 9.59 Å². The Hall–Kier alpha value is -1.40. The van der Waals surface area contributed by atoms with Gasteiger partial charge >= 0.3 is 11.9 Å². The molecule has 2 aliphatic carbocycles. The minimum atomic E-state index is -0.715. The second-order valence-corrected chi connectivity index (χ2v) is 8.59. The molecule has 0 radical (unpaired) electrons. The molecular weight excluding hydrogens is 336 g/mol.